The van der Waals surface area contributed by atoms with Gasteiger partial charge in [-0.2, -0.15) is 0 Å². The Morgan fingerprint density at radius 2 is 1.67 bits per heavy atom. The molecule has 0 atom stereocenters. The largest absolute Gasteiger partial charge is 0.480 e. The van der Waals surface area contributed by atoms with Gasteiger partial charge in [0.05, 0.1) is 13.1 Å². The Balaban J connectivity index is 4.11. The maximum Gasteiger partial charge on any atom is 0.317 e. The van der Waals surface area contributed by atoms with E-state index in [9.17, 15) is 9.59 Å². The molecule has 0 aliphatic heterocycles. The van der Waals surface area contributed by atoms with E-state index in [1.165, 1.54) is 4.90 Å². The molecule has 0 aromatic heterocycles. The SMILES string of the molecule is C/C=C/C=C/CN(CC(=O)O)CC(=O)O. The Morgan fingerprint density at radius 1 is 1.13 bits per heavy atom. The third-order valence-corrected chi connectivity index (χ3v) is 1.52. The molecule has 0 aromatic rings. The van der Waals surface area contributed by atoms with E-state index in [4.69, 9.17) is 10.2 Å². The van der Waals surface area contributed by atoms with E-state index in [0.29, 0.717) is 6.54 Å². The number of aliphatic carboxylic acids is 2. The van der Waals surface area contributed by atoms with Crippen LogP contribution in [0.4, 0.5) is 0 Å². The van der Waals surface area contributed by atoms with Crippen LogP contribution in [0.25, 0.3) is 0 Å². The van der Waals surface area contributed by atoms with Crippen molar-refractivity contribution in [3.05, 3.63) is 24.3 Å². The molecule has 0 heterocycles. The molecular weight excluding hydrogens is 198 g/mol. The Kier molecular flexibility index (Phi) is 6.92. The molecule has 0 saturated heterocycles. The van der Waals surface area contributed by atoms with Crippen LogP contribution in [0.5, 0.6) is 0 Å². The first-order valence-corrected chi connectivity index (χ1v) is 4.50. The standard InChI is InChI=1S/C10H15NO4/c1-2-3-4-5-6-11(7-9(12)13)8-10(14)15/h2-5H,6-8H2,1H3,(H,12,13)(H,14,15)/b3-2+,5-4+. The average Bonchev–Trinajstić information content (AvgIpc) is 2.10. The molecule has 0 spiro atoms. The quantitative estimate of drug-likeness (QED) is 0.605. The highest BCUT2D eigenvalue weighted by Crippen LogP contribution is 1.90. The minimum Gasteiger partial charge on any atom is -0.480 e. The van der Waals surface area contributed by atoms with Crippen molar-refractivity contribution in [2.24, 2.45) is 0 Å². The van der Waals surface area contributed by atoms with Crippen LogP contribution in [0.1, 0.15) is 6.92 Å². The van der Waals surface area contributed by atoms with E-state index in [0.717, 1.165) is 0 Å². The summed E-state index contributed by atoms with van der Waals surface area (Å²) < 4.78 is 0. The molecule has 84 valence electrons. The Hall–Kier alpha value is -1.62. The molecule has 5 nitrogen and oxygen atoms in total. The zero-order valence-electron chi connectivity index (χ0n) is 8.59. The lowest BCUT2D eigenvalue weighted by Crippen LogP contribution is -2.34. The van der Waals surface area contributed by atoms with Gasteiger partial charge in [0.15, 0.2) is 0 Å². The highest BCUT2D eigenvalue weighted by atomic mass is 16.4. The zero-order valence-corrected chi connectivity index (χ0v) is 8.59. The van der Waals surface area contributed by atoms with Gasteiger partial charge in [-0.1, -0.05) is 24.3 Å². The van der Waals surface area contributed by atoms with Gasteiger partial charge in [0.1, 0.15) is 0 Å². The summed E-state index contributed by atoms with van der Waals surface area (Å²) in [5.74, 6) is -2.06. The lowest BCUT2D eigenvalue weighted by Gasteiger charge is -2.14. The second-order valence-electron chi connectivity index (χ2n) is 2.91. The molecule has 0 amide bonds. The number of hydrogen-bond acceptors (Lipinski definition) is 3. The number of allylic oxidation sites excluding steroid dienone is 3. The molecule has 0 bridgehead atoms. The summed E-state index contributed by atoms with van der Waals surface area (Å²) in [6.07, 6.45) is 7.08. The van der Waals surface area contributed by atoms with E-state index in [2.05, 4.69) is 0 Å². The monoisotopic (exact) mass is 213 g/mol. The van der Waals surface area contributed by atoms with Crippen molar-refractivity contribution in [1.82, 2.24) is 4.90 Å². The summed E-state index contributed by atoms with van der Waals surface area (Å²) in [6.45, 7) is 1.62. The number of carbonyl (C=O) groups is 2. The third kappa shape index (κ3) is 8.70. The normalized spacial score (nSPS) is 11.6. The van der Waals surface area contributed by atoms with Crippen LogP contribution in [0, 0.1) is 0 Å². The highest BCUT2D eigenvalue weighted by Gasteiger charge is 2.11. The second kappa shape index (κ2) is 7.75. The minimum absolute atomic E-state index is 0.271. The Bertz CT molecular complexity index is 255. The van der Waals surface area contributed by atoms with Crippen molar-refractivity contribution < 1.29 is 19.8 Å². The van der Waals surface area contributed by atoms with Crippen molar-refractivity contribution in [2.45, 2.75) is 6.92 Å². The van der Waals surface area contributed by atoms with Crippen LogP contribution in [-0.2, 0) is 9.59 Å². The molecule has 0 aliphatic carbocycles. The van der Waals surface area contributed by atoms with E-state index in [1.807, 2.05) is 13.0 Å². The maximum absolute atomic E-state index is 10.4. The molecule has 15 heavy (non-hydrogen) atoms. The molecule has 0 saturated carbocycles. The number of hydrogen-bond donors (Lipinski definition) is 2. The topological polar surface area (TPSA) is 77.8 Å². The summed E-state index contributed by atoms with van der Waals surface area (Å²) in [5, 5.41) is 17.1. The van der Waals surface area contributed by atoms with E-state index < -0.39 is 11.9 Å². The fraction of sp³-hybridized carbons (Fsp3) is 0.400. The first-order valence-electron chi connectivity index (χ1n) is 4.50. The first-order chi connectivity index (χ1) is 7.06. The van der Waals surface area contributed by atoms with Crippen LogP contribution in [0.15, 0.2) is 24.3 Å². The highest BCUT2D eigenvalue weighted by molar-refractivity contribution is 5.72. The molecule has 5 heteroatoms. The van der Waals surface area contributed by atoms with E-state index >= 15 is 0 Å². The van der Waals surface area contributed by atoms with Gasteiger partial charge in [-0.25, -0.2) is 0 Å². The molecule has 0 rings (SSSR count). The number of carboxylic acids is 2. The van der Waals surface area contributed by atoms with Crippen molar-refractivity contribution in [3.8, 4) is 0 Å². The summed E-state index contributed by atoms with van der Waals surface area (Å²) in [6, 6.07) is 0. The van der Waals surface area contributed by atoms with Crippen molar-refractivity contribution in [3.63, 3.8) is 0 Å². The molecule has 0 unspecified atom stereocenters. The summed E-state index contributed by atoms with van der Waals surface area (Å²) >= 11 is 0. The van der Waals surface area contributed by atoms with Crippen molar-refractivity contribution in [2.75, 3.05) is 19.6 Å². The lowest BCUT2D eigenvalue weighted by atomic mass is 10.4. The van der Waals surface area contributed by atoms with Gasteiger partial charge in [-0.3, -0.25) is 14.5 Å². The average molecular weight is 213 g/mol. The van der Waals surface area contributed by atoms with Crippen molar-refractivity contribution in [1.29, 1.82) is 0 Å². The van der Waals surface area contributed by atoms with Gasteiger partial charge in [0, 0.05) is 6.54 Å². The lowest BCUT2D eigenvalue weighted by molar-refractivity contribution is -0.141. The van der Waals surface area contributed by atoms with Crippen LogP contribution in [-0.4, -0.2) is 46.7 Å². The van der Waals surface area contributed by atoms with Crippen LogP contribution >= 0.6 is 0 Å². The minimum atomic E-state index is -1.03. The number of carboxylic acid groups (broad SMARTS) is 2. The zero-order chi connectivity index (χ0) is 11.7. The molecule has 0 aliphatic rings. The van der Waals surface area contributed by atoms with Crippen LogP contribution in [0.3, 0.4) is 0 Å². The molecule has 2 N–H and O–H groups in total. The molecular formula is C10H15NO4. The van der Waals surface area contributed by atoms with Gasteiger partial charge in [-0.15, -0.1) is 0 Å². The van der Waals surface area contributed by atoms with Gasteiger partial charge in [0.25, 0.3) is 0 Å². The molecule has 0 radical (unpaired) electrons. The van der Waals surface area contributed by atoms with Gasteiger partial charge >= 0.3 is 11.9 Å². The fourth-order valence-corrected chi connectivity index (χ4v) is 0.967. The van der Waals surface area contributed by atoms with E-state index in [1.54, 1.807) is 18.2 Å². The maximum atomic E-state index is 10.4. The van der Waals surface area contributed by atoms with Gasteiger partial charge in [-0.05, 0) is 6.92 Å². The number of nitrogens with zero attached hydrogens (tertiary/aromatic N) is 1. The van der Waals surface area contributed by atoms with Crippen LogP contribution < -0.4 is 0 Å². The Morgan fingerprint density at radius 3 is 2.07 bits per heavy atom. The summed E-state index contributed by atoms with van der Waals surface area (Å²) in [4.78, 5) is 22.1. The van der Waals surface area contributed by atoms with E-state index in [-0.39, 0.29) is 13.1 Å². The summed E-state index contributed by atoms with van der Waals surface area (Å²) in [7, 11) is 0. The van der Waals surface area contributed by atoms with Gasteiger partial charge < -0.3 is 10.2 Å². The number of rotatable bonds is 7. The summed E-state index contributed by atoms with van der Waals surface area (Å²) in [5.41, 5.74) is 0. The predicted molar refractivity (Wildman–Crippen MR) is 55.7 cm³/mol. The fourth-order valence-electron chi connectivity index (χ4n) is 0.967. The Labute approximate surface area is 88.3 Å². The van der Waals surface area contributed by atoms with Gasteiger partial charge in [0.2, 0.25) is 0 Å². The molecule has 0 fully saturated rings. The first kappa shape index (κ1) is 13.4. The molecule has 0 aromatic carbocycles. The van der Waals surface area contributed by atoms with Crippen LogP contribution in [0.2, 0.25) is 0 Å². The second-order valence-corrected chi connectivity index (χ2v) is 2.91. The smallest absolute Gasteiger partial charge is 0.317 e. The predicted octanol–water partition coefficient (Wildman–Crippen LogP) is 0.590. The third-order valence-electron chi connectivity index (χ3n) is 1.52. The van der Waals surface area contributed by atoms with Crippen molar-refractivity contribution >= 4 is 11.9 Å².